The van der Waals surface area contributed by atoms with Crippen molar-refractivity contribution in [3.63, 3.8) is 0 Å². The SMILES string of the molecule is CCNC(=NCc1ccc(OC)cc1C(F)(F)F)NCCn1cccc1.I. The summed E-state index contributed by atoms with van der Waals surface area (Å²) in [6, 6.07) is 7.77. The van der Waals surface area contributed by atoms with Gasteiger partial charge in [-0.2, -0.15) is 13.2 Å². The van der Waals surface area contributed by atoms with E-state index in [1.807, 2.05) is 36.0 Å². The van der Waals surface area contributed by atoms with Gasteiger partial charge in [-0.15, -0.1) is 24.0 Å². The van der Waals surface area contributed by atoms with Gasteiger partial charge in [-0.05, 0) is 36.8 Å². The first-order valence-electron chi connectivity index (χ1n) is 8.31. The summed E-state index contributed by atoms with van der Waals surface area (Å²) in [5.41, 5.74) is -0.635. The number of hydrogen-bond acceptors (Lipinski definition) is 2. The maximum absolute atomic E-state index is 13.3. The van der Waals surface area contributed by atoms with Gasteiger partial charge in [0.25, 0.3) is 0 Å². The molecule has 0 saturated heterocycles. The van der Waals surface area contributed by atoms with Crippen molar-refractivity contribution < 1.29 is 17.9 Å². The summed E-state index contributed by atoms with van der Waals surface area (Å²) in [5.74, 6) is 0.644. The molecule has 0 radical (unpaired) electrons. The molecule has 1 aromatic heterocycles. The number of halogens is 4. The molecule has 0 fully saturated rings. The molecule has 2 aromatic rings. The van der Waals surface area contributed by atoms with Crippen molar-refractivity contribution in [2.24, 2.45) is 4.99 Å². The third kappa shape index (κ3) is 7.31. The lowest BCUT2D eigenvalue weighted by Gasteiger charge is -2.15. The Morgan fingerprint density at radius 2 is 1.89 bits per heavy atom. The van der Waals surface area contributed by atoms with E-state index < -0.39 is 11.7 Å². The predicted molar refractivity (Wildman–Crippen MR) is 111 cm³/mol. The van der Waals surface area contributed by atoms with E-state index in [1.165, 1.54) is 19.2 Å². The topological polar surface area (TPSA) is 50.6 Å². The number of methoxy groups -OCH3 is 1. The summed E-state index contributed by atoms with van der Waals surface area (Å²) >= 11 is 0. The third-order valence-corrected chi connectivity index (χ3v) is 3.70. The molecule has 0 aliphatic rings. The Kier molecular flexibility index (Phi) is 9.47. The molecule has 0 amide bonds. The largest absolute Gasteiger partial charge is 0.497 e. The molecule has 0 unspecified atom stereocenters. The quantitative estimate of drug-likeness (QED) is 0.348. The standard InChI is InChI=1S/C18H23F3N4O.HI/c1-3-22-17(23-8-11-25-9-4-5-10-25)24-13-14-6-7-15(26-2)12-16(14)18(19,20)21;/h4-7,9-10,12H,3,8,11,13H2,1-2H3,(H2,22,23,24);1H. The van der Waals surface area contributed by atoms with Crippen LogP contribution in [-0.2, 0) is 19.3 Å². The molecule has 0 saturated carbocycles. The highest BCUT2D eigenvalue weighted by molar-refractivity contribution is 14.0. The Morgan fingerprint density at radius 3 is 2.48 bits per heavy atom. The Bertz CT molecular complexity index is 718. The van der Waals surface area contributed by atoms with Crippen molar-refractivity contribution in [2.45, 2.75) is 26.2 Å². The van der Waals surface area contributed by atoms with Gasteiger partial charge in [-0.1, -0.05) is 6.07 Å². The zero-order chi connectivity index (χ0) is 19.0. The zero-order valence-electron chi connectivity index (χ0n) is 15.2. The fraction of sp³-hybridized carbons (Fsp3) is 0.389. The fourth-order valence-corrected chi connectivity index (χ4v) is 2.41. The Labute approximate surface area is 174 Å². The number of rotatable bonds is 7. The molecule has 0 spiro atoms. The zero-order valence-corrected chi connectivity index (χ0v) is 17.5. The van der Waals surface area contributed by atoms with Crippen LogP contribution in [0.1, 0.15) is 18.1 Å². The van der Waals surface area contributed by atoms with Crippen molar-refractivity contribution in [2.75, 3.05) is 20.2 Å². The minimum atomic E-state index is -4.46. The Morgan fingerprint density at radius 1 is 1.19 bits per heavy atom. The molecule has 1 aromatic carbocycles. The van der Waals surface area contributed by atoms with Gasteiger partial charge in [0.2, 0.25) is 0 Å². The molecular formula is C18H24F3IN4O. The van der Waals surface area contributed by atoms with Crippen molar-refractivity contribution in [1.82, 2.24) is 15.2 Å². The molecule has 0 bridgehead atoms. The van der Waals surface area contributed by atoms with Gasteiger partial charge in [0.05, 0.1) is 19.2 Å². The lowest BCUT2D eigenvalue weighted by Crippen LogP contribution is -2.38. The van der Waals surface area contributed by atoms with Gasteiger partial charge in [0, 0.05) is 32.0 Å². The second kappa shape index (κ2) is 11.1. The number of nitrogens with one attached hydrogen (secondary N) is 2. The summed E-state index contributed by atoms with van der Waals surface area (Å²) in [4.78, 5) is 4.28. The highest BCUT2D eigenvalue weighted by Gasteiger charge is 2.33. The van der Waals surface area contributed by atoms with Gasteiger partial charge in [-0.3, -0.25) is 0 Å². The summed E-state index contributed by atoms with van der Waals surface area (Å²) in [6.45, 7) is 3.77. The van der Waals surface area contributed by atoms with E-state index >= 15 is 0 Å². The van der Waals surface area contributed by atoms with Crippen LogP contribution in [0.3, 0.4) is 0 Å². The van der Waals surface area contributed by atoms with Crippen LogP contribution in [0.25, 0.3) is 0 Å². The van der Waals surface area contributed by atoms with E-state index in [0.29, 0.717) is 19.0 Å². The number of alkyl halides is 3. The molecule has 150 valence electrons. The number of ether oxygens (including phenoxy) is 1. The van der Waals surface area contributed by atoms with Crippen LogP contribution in [0, 0.1) is 0 Å². The molecule has 2 rings (SSSR count). The summed E-state index contributed by atoms with van der Waals surface area (Å²) in [6.07, 6.45) is -0.572. The van der Waals surface area contributed by atoms with Gasteiger partial charge in [0.1, 0.15) is 5.75 Å². The molecule has 1 heterocycles. The first kappa shape index (κ1) is 23.1. The average molecular weight is 496 g/mol. The number of hydrogen-bond donors (Lipinski definition) is 2. The summed E-state index contributed by atoms with van der Waals surface area (Å²) < 4.78 is 46.7. The van der Waals surface area contributed by atoms with Crippen LogP contribution in [0.4, 0.5) is 13.2 Å². The Hall–Kier alpha value is -1.91. The monoisotopic (exact) mass is 496 g/mol. The van der Waals surface area contributed by atoms with Crippen LogP contribution in [0.2, 0.25) is 0 Å². The van der Waals surface area contributed by atoms with Crippen LogP contribution < -0.4 is 15.4 Å². The predicted octanol–water partition coefficient (Wildman–Crippen LogP) is 3.89. The summed E-state index contributed by atoms with van der Waals surface area (Å²) in [7, 11) is 1.34. The van der Waals surface area contributed by atoms with Crippen LogP contribution in [-0.4, -0.2) is 30.7 Å². The number of guanidine groups is 1. The van der Waals surface area contributed by atoms with E-state index in [-0.39, 0.29) is 41.8 Å². The number of nitrogens with zero attached hydrogens (tertiary/aromatic N) is 2. The molecule has 0 aliphatic heterocycles. The van der Waals surface area contributed by atoms with E-state index in [9.17, 15) is 13.2 Å². The number of aromatic nitrogens is 1. The molecule has 2 N–H and O–H groups in total. The molecular weight excluding hydrogens is 472 g/mol. The average Bonchev–Trinajstić information content (AvgIpc) is 3.12. The lowest BCUT2D eigenvalue weighted by atomic mass is 10.1. The normalized spacial score (nSPS) is 11.7. The second-order valence-electron chi connectivity index (χ2n) is 5.56. The third-order valence-electron chi connectivity index (χ3n) is 3.70. The van der Waals surface area contributed by atoms with Gasteiger partial charge < -0.3 is 19.9 Å². The summed E-state index contributed by atoms with van der Waals surface area (Å²) in [5, 5.41) is 6.16. The highest BCUT2D eigenvalue weighted by Crippen LogP contribution is 2.34. The van der Waals surface area contributed by atoms with Crippen LogP contribution in [0.15, 0.2) is 47.7 Å². The minimum absolute atomic E-state index is 0. The van der Waals surface area contributed by atoms with E-state index in [1.54, 1.807) is 0 Å². The van der Waals surface area contributed by atoms with Crippen molar-refractivity contribution in [3.8, 4) is 5.75 Å². The van der Waals surface area contributed by atoms with Gasteiger partial charge >= 0.3 is 6.18 Å². The van der Waals surface area contributed by atoms with E-state index in [2.05, 4.69) is 15.6 Å². The molecule has 0 aliphatic carbocycles. The first-order valence-corrected chi connectivity index (χ1v) is 8.31. The van der Waals surface area contributed by atoms with Crippen molar-refractivity contribution in [3.05, 3.63) is 53.9 Å². The van der Waals surface area contributed by atoms with Gasteiger partial charge in [0.15, 0.2) is 5.96 Å². The van der Waals surface area contributed by atoms with Crippen LogP contribution >= 0.6 is 24.0 Å². The smallest absolute Gasteiger partial charge is 0.416 e. The molecule has 0 atom stereocenters. The maximum Gasteiger partial charge on any atom is 0.416 e. The molecule has 27 heavy (non-hydrogen) atoms. The number of aliphatic imine (C=N–C) groups is 1. The molecule has 5 nitrogen and oxygen atoms in total. The lowest BCUT2D eigenvalue weighted by molar-refractivity contribution is -0.138. The van der Waals surface area contributed by atoms with Gasteiger partial charge in [-0.25, -0.2) is 4.99 Å². The highest BCUT2D eigenvalue weighted by atomic mass is 127. The fourth-order valence-electron chi connectivity index (χ4n) is 2.41. The van der Waals surface area contributed by atoms with Crippen molar-refractivity contribution >= 4 is 29.9 Å². The van der Waals surface area contributed by atoms with Crippen molar-refractivity contribution in [1.29, 1.82) is 0 Å². The number of benzene rings is 1. The van der Waals surface area contributed by atoms with E-state index in [4.69, 9.17) is 4.74 Å². The first-order chi connectivity index (χ1) is 12.4. The second-order valence-corrected chi connectivity index (χ2v) is 5.56. The maximum atomic E-state index is 13.3. The minimum Gasteiger partial charge on any atom is -0.497 e. The Balaban J connectivity index is 0.00000364. The van der Waals surface area contributed by atoms with E-state index in [0.717, 1.165) is 12.6 Å². The van der Waals surface area contributed by atoms with Crippen LogP contribution in [0.5, 0.6) is 5.75 Å². The molecule has 9 heteroatoms.